The van der Waals surface area contributed by atoms with E-state index in [1.54, 1.807) is 18.4 Å². The first kappa shape index (κ1) is 19.6. The summed E-state index contributed by atoms with van der Waals surface area (Å²) < 4.78 is 0. The van der Waals surface area contributed by atoms with Crippen LogP contribution in [0.25, 0.3) is 0 Å². The molecule has 1 aliphatic rings. The van der Waals surface area contributed by atoms with E-state index in [9.17, 15) is 9.59 Å². The highest BCUT2D eigenvalue weighted by Crippen LogP contribution is 2.34. The quantitative estimate of drug-likeness (QED) is 0.820. The van der Waals surface area contributed by atoms with Crippen molar-refractivity contribution in [2.75, 3.05) is 18.9 Å². The highest BCUT2D eigenvalue weighted by Gasteiger charge is 2.24. The smallest absolute Gasteiger partial charge is 0.264 e. The average molecular weight is 385 g/mol. The molecule has 0 fully saturated rings. The van der Waals surface area contributed by atoms with Gasteiger partial charge in [0, 0.05) is 17.6 Å². The number of benzene rings is 1. The molecule has 0 saturated carbocycles. The fraction of sp³-hybridized carbons (Fsp3) is 0.455. The van der Waals surface area contributed by atoms with Gasteiger partial charge >= 0.3 is 0 Å². The minimum Gasteiger partial charge on any atom is -0.332 e. The summed E-state index contributed by atoms with van der Waals surface area (Å²) in [6, 6.07) is 7.87. The third-order valence-electron chi connectivity index (χ3n) is 5.58. The van der Waals surface area contributed by atoms with E-state index in [1.165, 1.54) is 28.2 Å². The van der Waals surface area contributed by atoms with E-state index >= 15 is 0 Å². The van der Waals surface area contributed by atoms with Crippen LogP contribution >= 0.6 is 11.3 Å². The molecule has 1 atom stereocenters. The number of likely N-dealkylation sites (N-methyl/N-ethyl adjacent to an activating group) is 1. The molecule has 144 valence electrons. The molecular formula is C22H28N2O2S. The van der Waals surface area contributed by atoms with Crippen molar-refractivity contribution in [2.45, 2.75) is 46.5 Å². The molecule has 0 bridgehead atoms. The Morgan fingerprint density at radius 2 is 2.07 bits per heavy atom. The lowest BCUT2D eigenvalue weighted by molar-refractivity contribution is -0.116. The number of aryl methyl sites for hydroxylation is 2. The van der Waals surface area contributed by atoms with Gasteiger partial charge in [0.15, 0.2) is 0 Å². The van der Waals surface area contributed by atoms with Crippen LogP contribution in [0.2, 0.25) is 0 Å². The summed E-state index contributed by atoms with van der Waals surface area (Å²) in [5, 5.41) is 2.92. The summed E-state index contributed by atoms with van der Waals surface area (Å²) >= 11 is 1.60. The highest BCUT2D eigenvalue weighted by atomic mass is 32.1. The van der Waals surface area contributed by atoms with Gasteiger partial charge in [0.2, 0.25) is 5.91 Å². The normalized spacial score (nSPS) is 15.9. The Morgan fingerprint density at radius 3 is 2.81 bits per heavy atom. The van der Waals surface area contributed by atoms with Crippen LogP contribution in [0.3, 0.4) is 0 Å². The molecule has 1 heterocycles. The number of fused-ring (bicyclic) bond motifs is 1. The molecule has 27 heavy (non-hydrogen) atoms. The molecule has 0 spiro atoms. The minimum atomic E-state index is -0.174. The Balaban J connectivity index is 1.63. The van der Waals surface area contributed by atoms with Crippen LogP contribution < -0.4 is 5.32 Å². The maximum Gasteiger partial charge on any atom is 0.264 e. The van der Waals surface area contributed by atoms with Gasteiger partial charge in [-0.25, -0.2) is 0 Å². The first-order valence-corrected chi connectivity index (χ1v) is 10.4. The molecule has 2 amide bonds. The summed E-state index contributed by atoms with van der Waals surface area (Å²) in [7, 11) is 1.69. The van der Waals surface area contributed by atoms with Gasteiger partial charge in [-0.05, 0) is 67.9 Å². The molecule has 5 heteroatoms. The number of carbonyl (C=O) groups is 2. The largest absolute Gasteiger partial charge is 0.332 e. The van der Waals surface area contributed by atoms with Crippen LogP contribution in [0.4, 0.5) is 5.69 Å². The zero-order chi connectivity index (χ0) is 19.6. The number of nitrogens with one attached hydrogen (secondary N) is 1. The molecule has 3 rings (SSSR count). The zero-order valence-corrected chi connectivity index (χ0v) is 17.4. The summed E-state index contributed by atoms with van der Waals surface area (Å²) in [5.41, 5.74) is 4.32. The lowest BCUT2D eigenvalue weighted by Gasteiger charge is -2.19. The molecule has 1 N–H and O–H groups in total. The molecule has 1 aromatic heterocycles. The molecule has 0 aliphatic heterocycles. The zero-order valence-electron chi connectivity index (χ0n) is 16.6. The van der Waals surface area contributed by atoms with Crippen LogP contribution in [-0.4, -0.2) is 30.3 Å². The van der Waals surface area contributed by atoms with E-state index in [0.29, 0.717) is 0 Å². The number of rotatable bonds is 5. The van der Waals surface area contributed by atoms with Gasteiger partial charge in [0.05, 0.1) is 11.4 Å². The molecule has 1 aromatic carbocycles. The lowest BCUT2D eigenvalue weighted by atomic mass is 9.87. The van der Waals surface area contributed by atoms with Crippen molar-refractivity contribution >= 4 is 28.8 Å². The Morgan fingerprint density at radius 1 is 1.30 bits per heavy atom. The Hall–Kier alpha value is -2.14. The van der Waals surface area contributed by atoms with Crippen molar-refractivity contribution in [3.63, 3.8) is 0 Å². The topological polar surface area (TPSA) is 49.4 Å². The second-order valence-corrected chi connectivity index (χ2v) is 8.67. The van der Waals surface area contributed by atoms with Crippen LogP contribution in [0.15, 0.2) is 24.3 Å². The number of nitrogens with zero attached hydrogens (tertiary/aromatic N) is 1. The van der Waals surface area contributed by atoms with Crippen molar-refractivity contribution in [2.24, 2.45) is 5.92 Å². The predicted octanol–water partition coefficient (Wildman–Crippen LogP) is 4.59. The van der Waals surface area contributed by atoms with Gasteiger partial charge in [-0.1, -0.05) is 25.5 Å². The molecule has 0 saturated heterocycles. The highest BCUT2D eigenvalue weighted by molar-refractivity contribution is 7.14. The Bertz CT molecular complexity index is 856. The number of hydrogen-bond acceptors (Lipinski definition) is 3. The predicted molar refractivity (Wildman–Crippen MR) is 112 cm³/mol. The van der Waals surface area contributed by atoms with E-state index < -0.39 is 0 Å². The standard InChI is InChI=1S/C22H28N2O2S/c1-5-16-9-10-19-17(11-16)12-20(27-19)22(26)24(4)13-21(25)23-18-8-6-7-14(2)15(18)3/h6-8,12,16H,5,9-11,13H2,1-4H3,(H,23,25)/t16-/m0/s1. The number of hydrogen-bond donors (Lipinski definition) is 1. The number of thiophene rings is 1. The lowest BCUT2D eigenvalue weighted by Crippen LogP contribution is -2.34. The Kier molecular flexibility index (Phi) is 6.00. The maximum absolute atomic E-state index is 12.8. The van der Waals surface area contributed by atoms with Gasteiger partial charge in [-0.2, -0.15) is 0 Å². The van der Waals surface area contributed by atoms with E-state index in [4.69, 9.17) is 0 Å². The molecule has 2 aromatic rings. The first-order chi connectivity index (χ1) is 12.9. The summed E-state index contributed by atoms with van der Waals surface area (Å²) in [6.45, 7) is 6.28. The van der Waals surface area contributed by atoms with Crippen LogP contribution in [0.1, 0.15) is 51.0 Å². The van der Waals surface area contributed by atoms with Crippen LogP contribution in [0.5, 0.6) is 0 Å². The SMILES string of the molecule is CC[C@H]1CCc2sc(C(=O)N(C)CC(=O)Nc3cccc(C)c3C)cc2C1. The van der Waals surface area contributed by atoms with E-state index in [0.717, 1.165) is 40.5 Å². The summed E-state index contributed by atoms with van der Waals surface area (Å²) in [5.74, 6) is 0.488. The number of anilines is 1. The summed E-state index contributed by atoms with van der Waals surface area (Å²) in [4.78, 5) is 28.8. The van der Waals surface area contributed by atoms with Crippen molar-refractivity contribution in [1.82, 2.24) is 4.90 Å². The Labute approximate surface area is 165 Å². The van der Waals surface area contributed by atoms with Crippen molar-refractivity contribution in [3.8, 4) is 0 Å². The third kappa shape index (κ3) is 4.41. The molecule has 1 aliphatic carbocycles. The van der Waals surface area contributed by atoms with Gasteiger partial charge in [0.25, 0.3) is 5.91 Å². The second kappa shape index (κ2) is 8.26. The molecular weight excluding hydrogens is 356 g/mol. The molecule has 4 nitrogen and oxygen atoms in total. The van der Waals surface area contributed by atoms with Gasteiger partial charge < -0.3 is 10.2 Å². The fourth-order valence-electron chi connectivity index (χ4n) is 3.60. The van der Waals surface area contributed by atoms with Crippen LogP contribution in [-0.2, 0) is 17.6 Å². The first-order valence-electron chi connectivity index (χ1n) is 9.62. The molecule has 0 unspecified atom stereocenters. The maximum atomic E-state index is 12.8. The monoisotopic (exact) mass is 384 g/mol. The van der Waals surface area contributed by atoms with Crippen molar-refractivity contribution < 1.29 is 9.59 Å². The van der Waals surface area contributed by atoms with Gasteiger partial charge in [-0.3, -0.25) is 9.59 Å². The van der Waals surface area contributed by atoms with Gasteiger partial charge in [0.1, 0.15) is 0 Å². The minimum absolute atomic E-state index is 0.0480. The average Bonchev–Trinajstić information content (AvgIpc) is 3.07. The number of carbonyl (C=O) groups excluding carboxylic acids is 2. The fourth-order valence-corrected chi connectivity index (χ4v) is 4.81. The van der Waals surface area contributed by atoms with Crippen LogP contribution in [0, 0.1) is 19.8 Å². The van der Waals surface area contributed by atoms with E-state index in [2.05, 4.69) is 12.2 Å². The van der Waals surface area contributed by atoms with E-state index in [-0.39, 0.29) is 18.4 Å². The van der Waals surface area contributed by atoms with Gasteiger partial charge in [-0.15, -0.1) is 11.3 Å². The van der Waals surface area contributed by atoms with Crippen molar-refractivity contribution in [3.05, 3.63) is 50.7 Å². The number of amides is 2. The van der Waals surface area contributed by atoms with E-state index in [1.807, 2.05) is 38.1 Å². The molecule has 0 radical (unpaired) electrons. The summed E-state index contributed by atoms with van der Waals surface area (Å²) in [6.07, 6.45) is 4.55. The second-order valence-electron chi connectivity index (χ2n) is 7.53. The van der Waals surface area contributed by atoms with Crippen molar-refractivity contribution in [1.29, 1.82) is 0 Å². The third-order valence-corrected chi connectivity index (χ3v) is 6.80.